The Morgan fingerprint density at radius 2 is 1.72 bits per heavy atom. The molecule has 3 aromatic rings. The summed E-state index contributed by atoms with van der Waals surface area (Å²) in [4.78, 5) is 27.0. The van der Waals surface area contributed by atoms with Crippen LogP contribution < -0.4 is 11.5 Å². The highest BCUT2D eigenvalue weighted by Crippen LogP contribution is 2.35. The molecule has 9 heteroatoms. The van der Waals surface area contributed by atoms with E-state index >= 15 is 0 Å². The predicted octanol–water partition coefficient (Wildman–Crippen LogP) is 2.43. The van der Waals surface area contributed by atoms with Gasteiger partial charge in [0.05, 0.1) is 10.6 Å². The van der Waals surface area contributed by atoms with Gasteiger partial charge >= 0.3 is 0 Å². The summed E-state index contributed by atoms with van der Waals surface area (Å²) in [6.45, 7) is 0. The van der Waals surface area contributed by atoms with Crippen LogP contribution in [0.1, 0.15) is 10.4 Å². The molecule has 0 fully saturated rings. The molecular formula is C20H16ClN3O4S. The molecule has 2 amide bonds. The SMILES string of the molecule is NC(=O)CS(=O)(=O)c1ccc(C(N)=O)cc1-c1ccc(Cl)c(-c2ccccn2)c1. The van der Waals surface area contributed by atoms with Crippen LogP contribution in [0.25, 0.3) is 22.4 Å². The number of hydrogen-bond acceptors (Lipinski definition) is 5. The van der Waals surface area contributed by atoms with Crippen molar-refractivity contribution in [1.82, 2.24) is 4.98 Å². The number of primary amides is 2. The number of halogens is 1. The van der Waals surface area contributed by atoms with Crippen LogP contribution in [0.15, 0.2) is 65.7 Å². The highest BCUT2D eigenvalue weighted by molar-refractivity contribution is 7.92. The Bertz CT molecular complexity index is 1210. The van der Waals surface area contributed by atoms with E-state index in [2.05, 4.69) is 4.98 Å². The van der Waals surface area contributed by atoms with Crippen molar-refractivity contribution in [3.63, 3.8) is 0 Å². The van der Waals surface area contributed by atoms with Crippen molar-refractivity contribution < 1.29 is 18.0 Å². The van der Waals surface area contributed by atoms with E-state index in [1.54, 1.807) is 42.6 Å². The first-order valence-corrected chi connectivity index (χ1v) is 10.4. The van der Waals surface area contributed by atoms with Crippen molar-refractivity contribution in [3.05, 3.63) is 71.4 Å². The number of amides is 2. The second kappa shape index (κ2) is 8.02. The fourth-order valence-corrected chi connectivity index (χ4v) is 4.39. The number of sulfone groups is 1. The molecule has 29 heavy (non-hydrogen) atoms. The topological polar surface area (TPSA) is 133 Å². The number of hydrogen-bond donors (Lipinski definition) is 2. The van der Waals surface area contributed by atoms with E-state index in [0.717, 1.165) is 0 Å². The van der Waals surface area contributed by atoms with Crippen LogP contribution in [-0.2, 0) is 14.6 Å². The number of carbonyl (C=O) groups is 2. The van der Waals surface area contributed by atoms with Crippen LogP contribution >= 0.6 is 11.6 Å². The molecule has 148 valence electrons. The van der Waals surface area contributed by atoms with Crippen LogP contribution in [0.5, 0.6) is 0 Å². The van der Waals surface area contributed by atoms with Crippen molar-refractivity contribution in [2.24, 2.45) is 11.5 Å². The van der Waals surface area contributed by atoms with Gasteiger partial charge in [0.25, 0.3) is 0 Å². The van der Waals surface area contributed by atoms with Gasteiger partial charge < -0.3 is 11.5 Å². The molecule has 4 N–H and O–H groups in total. The average Bonchev–Trinajstić information content (AvgIpc) is 2.67. The predicted molar refractivity (Wildman–Crippen MR) is 110 cm³/mol. The number of pyridine rings is 1. The van der Waals surface area contributed by atoms with Crippen molar-refractivity contribution in [3.8, 4) is 22.4 Å². The lowest BCUT2D eigenvalue weighted by Crippen LogP contribution is -2.23. The van der Waals surface area contributed by atoms with Crippen LogP contribution in [0.4, 0.5) is 0 Å². The highest BCUT2D eigenvalue weighted by atomic mass is 35.5. The number of nitrogens with two attached hydrogens (primary N) is 2. The molecule has 0 saturated heterocycles. The van der Waals surface area contributed by atoms with Gasteiger partial charge in [-0.2, -0.15) is 0 Å². The molecule has 1 aromatic heterocycles. The fourth-order valence-electron chi connectivity index (χ4n) is 2.86. The molecule has 0 aliphatic carbocycles. The minimum atomic E-state index is -4.04. The summed E-state index contributed by atoms with van der Waals surface area (Å²) >= 11 is 6.30. The van der Waals surface area contributed by atoms with Gasteiger partial charge in [-0.1, -0.05) is 23.7 Å². The Hall–Kier alpha value is -3.23. The van der Waals surface area contributed by atoms with Crippen LogP contribution in [0, 0.1) is 0 Å². The Kier molecular flexibility index (Phi) is 5.67. The standard InChI is InChI=1S/C20H16ClN3O4S/c21-16-6-4-12(9-15(16)17-3-1-2-8-24-17)14-10-13(20(23)26)5-7-18(14)29(27,28)11-19(22)25/h1-10H,11H2,(H2,22,25)(H2,23,26). The summed E-state index contributed by atoms with van der Waals surface area (Å²) in [5, 5.41) is 0.417. The molecule has 0 saturated carbocycles. The molecular weight excluding hydrogens is 414 g/mol. The van der Waals surface area contributed by atoms with Crippen molar-refractivity contribution in [2.75, 3.05) is 5.75 Å². The van der Waals surface area contributed by atoms with Gasteiger partial charge in [0, 0.05) is 27.9 Å². The molecule has 2 aromatic carbocycles. The van der Waals surface area contributed by atoms with Crippen molar-refractivity contribution in [2.45, 2.75) is 4.90 Å². The Morgan fingerprint density at radius 1 is 0.966 bits per heavy atom. The van der Waals surface area contributed by atoms with E-state index in [9.17, 15) is 18.0 Å². The minimum Gasteiger partial charge on any atom is -0.369 e. The maximum atomic E-state index is 12.7. The number of rotatable bonds is 6. The number of nitrogens with zero attached hydrogens (tertiary/aromatic N) is 1. The number of benzene rings is 2. The van der Waals surface area contributed by atoms with E-state index in [0.29, 0.717) is 21.8 Å². The van der Waals surface area contributed by atoms with Gasteiger partial charge in [0.2, 0.25) is 11.8 Å². The van der Waals surface area contributed by atoms with E-state index in [1.807, 2.05) is 0 Å². The average molecular weight is 430 g/mol. The molecule has 0 aliphatic heterocycles. The summed E-state index contributed by atoms with van der Waals surface area (Å²) in [6.07, 6.45) is 1.61. The van der Waals surface area contributed by atoms with Crippen molar-refractivity contribution >= 4 is 33.3 Å². The zero-order chi connectivity index (χ0) is 21.2. The summed E-state index contributed by atoms with van der Waals surface area (Å²) in [6, 6.07) is 14.1. The second-order valence-electron chi connectivity index (χ2n) is 6.21. The largest absolute Gasteiger partial charge is 0.369 e. The summed E-state index contributed by atoms with van der Waals surface area (Å²) in [5.74, 6) is -2.57. The summed E-state index contributed by atoms with van der Waals surface area (Å²) in [7, 11) is -4.04. The first-order valence-electron chi connectivity index (χ1n) is 8.35. The molecule has 0 spiro atoms. The van der Waals surface area contributed by atoms with Gasteiger partial charge in [-0.15, -0.1) is 0 Å². The Labute approximate surface area is 172 Å². The summed E-state index contributed by atoms with van der Waals surface area (Å²) in [5.41, 5.74) is 12.4. The van der Waals surface area contributed by atoms with Gasteiger partial charge in [-0.05, 0) is 48.0 Å². The number of carbonyl (C=O) groups excluding carboxylic acids is 2. The first-order chi connectivity index (χ1) is 13.7. The van der Waals surface area contributed by atoms with Crippen molar-refractivity contribution in [1.29, 1.82) is 0 Å². The monoisotopic (exact) mass is 429 g/mol. The lowest BCUT2D eigenvalue weighted by Gasteiger charge is -2.13. The zero-order valence-corrected chi connectivity index (χ0v) is 16.6. The smallest absolute Gasteiger partial charge is 0.248 e. The third-order valence-electron chi connectivity index (χ3n) is 4.15. The second-order valence-corrected chi connectivity index (χ2v) is 8.58. The van der Waals surface area contributed by atoms with E-state index in [-0.39, 0.29) is 16.0 Å². The Morgan fingerprint density at radius 3 is 2.34 bits per heavy atom. The van der Waals surface area contributed by atoms with Gasteiger partial charge in [0.1, 0.15) is 5.75 Å². The molecule has 7 nitrogen and oxygen atoms in total. The maximum Gasteiger partial charge on any atom is 0.248 e. The molecule has 0 aliphatic rings. The fraction of sp³-hybridized carbons (Fsp3) is 0.0500. The first kappa shape index (κ1) is 20.5. The highest BCUT2D eigenvalue weighted by Gasteiger charge is 2.23. The summed E-state index contributed by atoms with van der Waals surface area (Å²) < 4.78 is 25.4. The molecule has 0 unspecified atom stereocenters. The molecule has 0 atom stereocenters. The van der Waals surface area contributed by atoms with Crippen LogP contribution in [-0.4, -0.2) is 31.0 Å². The molecule has 0 bridgehead atoms. The minimum absolute atomic E-state index is 0.118. The molecule has 3 rings (SSSR count). The lowest BCUT2D eigenvalue weighted by atomic mass is 9.99. The molecule has 0 radical (unpaired) electrons. The van der Waals surface area contributed by atoms with E-state index in [1.165, 1.54) is 18.2 Å². The van der Waals surface area contributed by atoms with Crippen LogP contribution in [0.3, 0.4) is 0 Å². The molecule has 1 heterocycles. The van der Waals surface area contributed by atoms with E-state index in [4.69, 9.17) is 23.1 Å². The third kappa shape index (κ3) is 4.44. The van der Waals surface area contributed by atoms with Gasteiger partial charge in [0.15, 0.2) is 9.84 Å². The van der Waals surface area contributed by atoms with Gasteiger partial charge in [-0.25, -0.2) is 8.42 Å². The number of aromatic nitrogens is 1. The van der Waals surface area contributed by atoms with Crippen LogP contribution in [0.2, 0.25) is 5.02 Å². The zero-order valence-electron chi connectivity index (χ0n) is 15.0. The van der Waals surface area contributed by atoms with Gasteiger partial charge in [-0.3, -0.25) is 14.6 Å². The Balaban J connectivity index is 2.26. The normalized spacial score (nSPS) is 11.2. The van der Waals surface area contributed by atoms with E-state index < -0.39 is 27.4 Å². The third-order valence-corrected chi connectivity index (χ3v) is 6.17. The maximum absolute atomic E-state index is 12.7. The quantitative estimate of drug-likeness (QED) is 0.620. The lowest BCUT2D eigenvalue weighted by molar-refractivity contribution is -0.115.